The molecule has 0 radical (unpaired) electrons. The summed E-state index contributed by atoms with van der Waals surface area (Å²) in [6.07, 6.45) is 0. The van der Waals surface area contributed by atoms with Crippen molar-refractivity contribution in [2.75, 3.05) is 0 Å². The Hall–Kier alpha value is -3.25. The van der Waals surface area contributed by atoms with Gasteiger partial charge in [-0.25, -0.2) is 0 Å². The number of ether oxygens (including phenoxy) is 1. The molecule has 3 nitrogen and oxygen atoms in total. The molecule has 0 fully saturated rings. The first-order valence-corrected chi connectivity index (χ1v) is 7.85. The molecule has 2 N–H and O–H groups in total. The monoisotopic (exact) mass is 312 g/mol. The summed E-state index contributed by atoms with van der Waals surface area (Å²) in [6, 6.07) is 22.5. The number of hydrogen-bond donors (Lipinski definition) is 1. The predicted octanol–water partition coefficient (Wildman–Crippen LogP) is 4.37. The van der Waals surface area contributed by atoms with Crippen molar-refractivity contribution in [3.63, 3.8) is 0 Å². The summed E-state index contributed by atoms with van der Waals surface area (Å²) in [4.78, 5) is 0. The average Bonchev–Trinajstić information content (AvgIpc) is 2.61. The normalized spacial score (nSPS) is 16.4. The zero-order valence-electron chi connectivity index (χ0n) is 13.3. The van der Waals surface area contributed by atoms with E-state index in [4.69, 9.17) is 10.5 Å². The molecular weight excluding hydrogens is 296 g/mol. The number of nitriles is 1. The lowest BCUT2D eigenvalue weighted by atomic mass is 9.79. The van der Waals surface area contributed by atoms with Crippen LogP contribution in [0.15, 0.2) is 72.1 Å². The predicted molar refractivity (Wildman–Crippen MR) is 94.4 cm³/mol. The molecule has 0 aromatic heterocycles. The highest BCUT2D eigenvalue weighted by Crippen LogP contribution is 2.46. The SMILES string of the molecule is Cc1ccccc1[C@H]1C(C#N)=C(N)Oc2ccc3ccccc3c21. The van der Waals surface area contributed by atoms with Crippen molar-refractivity contribution in [1.29, 1.82) is 5.26 Å². The van der Waals surface area contributed by atoms with Crippen LogP contribution in [0.5, 0.6) is 5.75 Å². The Morgan fingerprint density at radius 3 is 2.54 bits per heavy atom. The fourth-order valence-electron chi connectivity index (χ4n) is 3.46. The Morgan fingerprint density at radius 1 is 1.00 bits per heavy atom. The van der Waals surface area contributed by atoms with E-state index >= 15 is 0 Å². The van der Waals surface area contributed by atoms with E-state index < -0.39 is 0 Å². The van der Waals surface area contributed by atoms with Crippen LogP contribution >= 0.6 is 0 Å². The number of nitrogens with zero attached hydrogens (tertiary/aromatic N) is 1. The van der Waals surface area contributed by atoms with E-state index in [-0.39, 0.29) is 11.8 Å². The summed E-state index contributed by atoms with van der Waals surface area (Å²) in [6.45, 7) is 2.06. The Labute approximate surface area is 140 Å². The van der Waals surface area contributed by atoms with Crippen molar-refractivity contribution >= 4 is 10.8 Å². The van der Waals surface area contributed by atoms with Gasteiger partial charge < -0.3 is 10.5 Å². The van der Waals surface area contributed by atoms with Gasteiger partial charge in [-0.2, -0.15) is 5.26 Å². The minimum Gasteiger partial charge on any atom is -0.440 e. The largest absolute Gasteiger partial charge is 0.440 e. The lowest BCUT2D eigenvalue weighted by Gasteiger charge is -2.28. The zero-order valence-corrected chi connectivity index (χ0v) is 13.3. The summed E-state index contributed by atoms with van der Waals surface area (Å²) in [5.41, 5.74) is 9.74. The minimum absolute atomic E-state index is 0.188. The molecule has 1 atom stereocenters. The zero-order chi connectivity index (χ0) is 16.7. The lowest BCUT2D eigenvalue weighted by molar-refractivity contribution is 0.395. The van der Waals surface area contributed by atoms with Gasteiger partial charge in [0.05, 0.1) is 5.92 Å². The molecule has 24 heavy (non-hydrogen) atoms. The van der Waals surface area contributed by atoms with Gasteiger partial charge >= 0.3 is 0 Å². The second kappa shape index (κ2) is 5.43. The third-order valence-corrected chi connectivity index (χ3v) is 4.61. The molecule has 3 heteroatoms. The molecule has 0 aliphatic carbocycles. The molecule has 1 aliphatic heterocycles. The lowest BCUT2D eigenvalue weighted by Crippen LogP contribution is -2.21. The average molecular weight is 312 g/mol. The van der Waals surface area contributed by atoms with Gasteiger partial charge in [-0.3, -0.25) is 0 Å². The van der Waals surface area contributed by atoms with Crippen LogP contribution < -0.4 is 10.5 Å². The maximum atomic E-state index is 9.71. The number of allylic oxidation sites excluding steroid dienone is 1. The Bertz CT molecular complexity index is 1030. The van der Waals surface area contributed by atoms with Crippen LogP contribution in [0, 0.1) is 18.3 Å². The molecule has 0 spiro atoms. The van der Waals surface area contributed by atoms with E-state index in [9.17, 15) is 5.26 Å². The van der Waals surface area contributed by atoms with Crippen LogP contribution in [0.4, 0.5) is 0 Å². The van der Waals surface area contributed by atoms with E-state index in [1.54, 1.807) is 0 Å². The minimum atomic E-state index is -0.217. The molecule has 0 saturated carbocycles. The number of nitrogens with two attached hydrogens (primary N) is 1. The van der Waals surface area contributed by atoms with Crippen molar-refractivity contribution in [1.82, 2.24) is 0 Å². The summed E-state index contributed by atoms with van der Waals surface area (Å²) in [7, 11) is 0. The molecule has 0 amide bonds. The molecule has 4 rings (SSSR count). The van der Waals surface area contributed by atoms with Gasteiger partial charge in [0.1, 0.15) is 17.4 Å². The van der Waals surface area contributed by atoms with Gasteiger partial charge in [0.15, 0.2) is 0 Å². The van der Waals surface area contributed by atoms with E-state index in [0.717, 1.165) is 33.2 Å². The van der Waals surface area contributed by atoms with Crippen LogP contribution in [0.2, 0.25) is 0 Å². The molecule has 0 bridgehead atoms. The van der Waals surface area contributed by atoms with Crippen LogP contribution in [-0.2, 0) is 0 Å². The molecule has 1 heterocycles. The molecule has 3 aromatic rings. The van der Waals surface area contributed by atoms with Crippen molar-refractivity contribution < 1.29 is 4.74 Å². The van der Waals surface area contributed by atoms with Gasteiger partial charge in [0, 0.05) is 5.56 Å². The Balaban J connectivity index is 2.10. The summed E-state index contributed by atoms with van der Waals surface area (Å²) in [5.74, 6) is 0.693. The number of benzene rings is 3. The number of hydrogen-bond acceptors (Lipinski definition) is 3. The summed E-state index contributed by atoms with van der Waals surface area (Å²) >= 11 is 0. The van der Waals surface area contributed by atoms with Gasteiger partial charge in [-0.15, -0.1) is 0 Å². The maximum absolute atomic E-state index is 9.71. The molecular formula is C21H16N2O. The van der Waals surface area contributed by atoms with Crippen molar-refractivity contribution in [3.05, 3.63) is 88.8 Å². The van der Waals surface area contributed by atoms with E-state index in [1.165, 1.54) is 0 Å². The highest BCUT2D eigenvalue weighted by Gasteiger charge is 2.32. The molecule has 3 aromatic carbocycles. The van der Waals surface area contributed by atoms with Crippen LogP contribution in [0.25, 0.3) is 10.8 Å². The van der Waals surface area contributed by atoms with Gasteiger partial charge in [0.25, 0.3) is 0 Å². The van der Waals surface area contributed by atoms with Crippen LogP contribution in [-0.4, -0.2) is 0 Å². The standard InChI is InChI=1S/C21H16N2O/c1-13-6-2-4-8-15(13)19-17(12-22)21(23)24-18-11-10-14-7-3-5-9-16(14)20(18)19/h2-11,19H,23H2,1H3/t19-/m0/s1. The smallest absolute Gasteiger partial charge is 0.205 e. The van der Waals surface area contributed by atoms with E-state index in [1.807, 2.05) is 36.4 Å². The van der Waals surface area contributed by atoms with Crippen LogP contribution in [0.1, 0.15) is 22.6 Å². The van der Waals surface area contributed by atoms with E-state index in [2.05, 4.69) is 37.3 Å². The fraction of sp³-hybridized carbons (Fsp3) is 0.0952. The molecule has 116 valence electrons. The first-order valence-electron chi connectivity index (χ1n) is 7.85. The number of aryl methyl sites for hydroxylation is 1. The van der Waals surface area contributed by atoms with Crippen molar-refractivity contribution in [2.45, 2.75) is 12.8 Å². The van der Waals surface area contributed by atoms with Crippen LogP contribution in [0.3, 0.4) is 0 Å². The highest BCUT2D eigenvalue weighted by molar-refractivity contribution is 5.90. The summed E-state index contributed by atoms with van der Waals surface area (Å²) in [5, 5.41) is 11.9. The third kappa shape index (κ3) is 2.04. The van der Waals surface area contributed by atoms with E-state index in [0.29, 0.717) is 5.57 Å². The Kier molecular flexibility index (Phi) is 3.25. The van der Waals surface area contributed by atoms with Gasteiger partial charge in [-0.05, 0) is 34.9 Å². The molecule has 0 saturated heterocycles. The van der Waals surface area contributed by atoms with Gasteiger partial charge in [-0.1, -0.05) is 54.6 Å². The second-order valence-electron chi connectivity index (χ2n) is 5.98. The van der Waals surface area contributed by atoms with Crippen molar-refractivity contribution in [3.8, 4) is 11.8 Å². The first kappa shape index (κ1) is 14.3. The first-order chi connectivity index (χ1) is 11.7. The number of rotatable bonds is 1. The highest BCUT2D eigenvalue weighted by atomic mass is 16.5. The number of fused-ring (bicyclic) bond motifs is 3. The second-order valence-corrected chi connectivity index (χ2v) is 5.98. The Morgan fingerprint density at radius 2 is 1.75 bits per heavy atom. The van der Waals surface area contributed by atoms with Gasteiger partial charge in [0.2, 0.25) is 5.88 Å². The topological polar surface area (TPSA) is 59.0 Å². The fourth-order valence-corrected chi connectivity index (χ4v) is 3.46. The quantitative estimate of drug-likeness (QED) is 0.726. The summed E-state index contributed by atoms with van der Waals surface area (Å²) < 4.78 is 5.77. The van der Waals surface area contributed by atoms with Crippen molar-refractivity contribution in [2.24, 2.45) is 5.73 Å². The maximum Gasteiger partial charge on any atom is 0.205 e. The third-order valence-electron chi connectivity index (χ3n) is 4.61. The molecule has 0 unspecified atom stereocenters. The molecule has 1 aliphatic rings.